The number of aromatic nitrogens is 2. The molecular formula is C16H21N3. The molecule has 1 aromatic carbocycles. The summed E-state index contributed by atoms with van der Waals surface area (Å²) in [6, 6.07) is 8.98. The minimum absolute atomic E-state index is 0.395. The smallest absolute Gasteiger partial charge is 0.124 e. The summed E-state index contributed by atoms with van der Waals surface area (Å²) in [4.78, 5) is 8.27. The van der Waals surface area contributed by atoms with Gasteiger partial charge in [0.15, 0.2) is 0 Å². The van der Waals surface area contributed by atoms with Crippen molar-refractivity contribution in [2.24, 2.45) is 0 Å². The zero-order chi connectivity index (χ0) is 13.2. The first-order valence-corrected chi connectivity index (χ1v) is 7.11. The van der Waals surface area contributed by atoms with Crippen LogP contribution < -0.4 is 5.32 Å². The zero-order valence-electron chi connectivity index (χ0n) is 11.7. The number of hydrogen-bond donors (Lipinski definition) is 2. The van der Waals surface area contributed by atoms with Gasteiger partial charge in [0.05, 0.1) is 11.7 Å². The van der Waals surface area contributed by atoms with Gasteiger partial charge < -0.3 is 10.3 Å². The highest BCUT2D eigenvalue weighted by Gasteiger charge is 2.19. The molecule has 3 rings (SSSR count). The van der Waals surface area contributed by atoms with Crippen LogP contribution in [0.2, 0.25) is 0 Å². The molecule has 0 saturated carbocycles. The van der Waals surface area contributed by atoms with Gasteiger partial charge in [-0.2, -0.15) is 0 Å². The van der Waals surface area contributed by atoms with Gasteiger partial charge >= 0.3 is 0 Å². The highest BCUT2D eigenvalue weighted by atomic mass is 15.0. The van der Waals surface area contributed by atoms with Gasteiger partial charge in [-0.15, -0.1) is 0 Å². The molecule has 1 saturated heterocycles. The fourth-order valence-electron chi connectivity index (χ4n) is 2.73. The van der Waals surface area contributed by atoms with Crippen molar-refractivity contribution < 1.29 is 0 Å². The summed E-state index contributed by atoms with van der Waals surface area (Å²) in [5.41, 5.74) is 4.72. The monoisotopic (exact) mass is 255 g/mol. The van der Waals surface area contributed by atoms with Crippen molar-refractivity contribution in [3.8, 4) is 11.3 Å². The number of rotatable bonds is 2. The Balaban J connectivity index is 1.90. The fraction of sp³-hybridized carbons (Fsp3) is 0.438. The van der Waals surface area contributed by atoms with Crippen LogP contribution in [0.15, 0.2) is 24.3 Å². The molecule has 1 atom stereocenters. The Kier molecular flexibility index (Phi) is 3.38. The van der Waals surface area contributed by atoms with Gasteiger partial charge in [0, 0.05) is 11.3 Å². The predicted molar refractivity (Wildman–Crippen MR) is 78.1 cm³/mol. The molecule has 1 aliphatic heterocycles. The van der Waals surface area contributed by atoms with Crippen LogP contribution in [-0.2, 0) is 0 Å². The number of aryl methyl sites for hydroxylation is 2. The second-order valence-electron chi connectivity index (χ2n) is 5.46. The van der Waals surface area contributed by atoms with Gasteiger partial charge in [-0.05, 0) is 33.2 Å². The summed E-state index contributed by atoms with van der Waals surface area (Å²) in [5.74, 6) is 1.09. The number of H-pyrrole nitrogens is 1. The second-order valence-corrected chi connectivity index (χ2v) is 5.46. The highest BCUT2D eigenvalue weighted by Crippen LogP contribution is 2.26. The standard InChI is InChI=1S/C16H21N3/c1-11-6-8-13(9-7-11)15-12(2)18-16(19-15)14-5-3-4-10-17-14/h6-9,14,17H,3-5,10H2,1-2H3,(H,18,19). The van der Waals surface area contributed by atoms with Crippen molar-refractivity contribution in [1.29, 1.82) is 0 Å². The molecule has 1 aromatic heterocycles. The van der Waals surface area contributed by atoms with Crippen LogP contribution in [0.3, 0.4) is 0 Å². The molecule has 2 aromatic rings. The first kappa shape index (κ1) is 12.4. The van der Waals surface area contributed by atoms with E-state index in [1.165, 1.54) is 30.4 Å². The lowest BCUT2D eigenvalue weighted by molar-refractivity contribution is 0.399. The Morgan fingerprint density at radius 1 is 1.11 bits per heavy atom. The van der Waals surface area contributed by atoms with Gasteiger partial charge in [0.2, 0.25) is 0 Å². The van der Waals surface area contributed by atoms with E-state index in [1.54, 1.807) is 0 Å². The second kappa shape index (κ2) is 5.17. The van der Waals surface area contributed by atoms with E-state index < -0.39 is 0 Å². The van der Waals surface area contributed by atoms with Crippen molar-refractivity contribution >= 4 is 0 Å². The van der Waals surface area contributed by atoms with E-state index in [9.17, 15) is 0 Å². The number of piperidine rings is 1. The van der Waals surface area contributed by atoms with Crippen LogP contribution in [0.5, 0.6) is 0 Å². The molecule has 0 radical (unpaired) electrons. The third-order valence-corrected chi connectivity index (χ3v) is 3.87. The van der Waals surface area contributed by atoms with Crippen LogP contribution in [0.25, 0.3) is 11.3 Å². The van der Waals surface area contributed by atoms with Crippen molar-refractivity contribution in [3.05, 3.63) is 41.3 Å². The van der Waals surface area contributed by atoms with Crippen LogP contribution in [0.4, 0.5) is 0 Å². The number of nitrogens with one attached hydrogen (secondary N) is 2. The lowest BCUT2D eigenvalue weighted by Crippen LogP contribution is -2.27. The minimum Gasteiger partial charge on any atom is -0.344 e. The van der Waals surface area contributed by atoms with Crippen LogP contribution >= 0.6 is 0 Å². The Morgan fingerprint density at radius 3 is 2.58 bits per heavy atom. The lowest BCUT2D eigenvalue weighted by Gasteiger charge is -2.21. The maximum absolute atomic E-state index is 4.82. The molecule has 0 spiro atoms. The quantitative estimate of drug-likeness (QED) is 0.862. The first-order valence-electron chi connectivity index (χ1n) is 7.11. The Hall–Kier alpha value is -1.61. The first-order chi connectivity index (χ1) is 9.24. The molecule has 100 valence electrons. The molecule has 2 heterocycles. The van der Waals surface area contributed by atoms with Crippen LogP contribution in [0.1, 0.15) is 42.4 Å². The average Bonchev–Trinajstić information content (AvgIpc) is 2.83. The van der Waals surface area contributed by atoms with Crippen molar-refractivity contribution in [1.82, 2.24) is 15.3 Å². The normalized spacial score (nSPS) is 19.6. The minimum atomic E-state index is 0.395. The number of aromatic amines is 1. The Labute approximate surface area is 114 Å². The van der Waals surface area contributed by atoms with Gasteiger partial charge in [-0.25, -0.2) is 4.98 Å². The summed E-state index contributed by atoms with van der Waals surface area (Å²) in [6.45, 7) is 5.32. The molecule has 2 N–H and O–H groups in total. The molecule has 1 aliphatic rings. The number of nitrogens with zero attached hydrogens (tertiary/aromatic N) is 1. The maximum Gasteiger partial charge on any atom is 0.124 e. The summed E-state index contributed by atoms with van der Waals surface area (Å²) in [5, 5.41) is 3.54. The molecule has 1 fully saturated rings. The summed E-state index contributed by atoms with van der Waals surface area (Å²) < 4.78 is 0. The molecule has 3 nitrogen and oxygen atoms in total. The molecule has 0 aliphatic carbocycles. The van der Waals surface area contributed by atoms with E-state index in [0.717, 1.165) is 23.8 Å². The molecule has 19 heavy (non-hydrogen) atoms. The van der Waals surface area contributed by atoms with E-state index in [-0.39, 0.29) is 0 Å². The highest BCUT2D eigenvalue weighted by molar-refractivity contribution is 5.62. The summed E-state index contributed by atoms with van der Waals surface area (Å²) in [6.07, 6.45) is 3.75. The fourth-order valence-corrected chi connectivity index (χ4v) is 2.73. The molecule has 1 unspecified atom stereocenters. The lowest BCUT2D eigenvalue weighted by atomic mass is 10.0. The molecule has 3 heteroatoms. The van der Waals surface area contributed by atoms with E-state index >= 15 is 0 Å². The number of hydrogen-bond acceptors (Lipinski definition) is 2. The van der Waals surface area contributed by atoms with E-state index in [0.29, 0.717) is 6.04 Å². The molecule has 0 bridgehead atoms. The number of imidazole rings is 1. The van der Waals surface area contributed by atoms with Crippen LogP contribution in [-0.4, -0.2) is 16.5 Å². The van der Waals surface area contributed by atoms with Gasteiger partial charge in [0.25, 0.3) is 0 Å². The van der Waals surface area contributed by atoms with Crippen LogP contribution in [0, 0.1) is 13.8 Å². The third-order valence-electron chi connectivity index (χ3n) is 3.87. The van der Waals surface area contributed by atoms with Gasteiger partial charge in [-0.1, -0.05) is 36.2 Å². The average molecular weight is 255 g/mol. The van der Waals surface area contributed by atoms with Crippen molar-refractivity contribution in [2.75, 3.05) is 6.54 Å². The van der Waals surface area contributed by atoms with E-state index in [2.05, 4.69) is 48.4 Å². The third kappa shape index (κ3) is 2.56. The number of benzene rings is 1. The SMILES string of the molecule is Cc1ccc(-c2nc(C3CCCCN3)[nH]c2C)cc1. The molecule has 0 amide bonds. The zero-order valence-corrected chi connectivity index (χ0v) is 11.7. The van der Waals surface area contributed by atoms with E-state index in [4.69, 9.17) is 4.98 Å². The predicted octanol–water partition coefficient (Wildman–Crippen LogP) is 3.51. The van der Waals surface area contributed by atoms with Crippen molar-refractivity contribution in [2.45, 2.75) is 39.2 Å². The largest absolute Gasteiger partial charge is 0.344 e. The summed E-state index contributed by atoms with van der Waals surface area (Å²) >= 11 is 0. The maximum atomic E-state index is 4.82. The topological polar surface area (TPSA) is 40.7 Å². The Morgan fingerprint density at radius 2 is 1.89 bits per heavy atom. The van der Waals surface area contributed by atoms with Gasteiger partial charge in [-0.3, -0.25) is 0 Å². The van der Waals surface area contributed by atoms with E-state index in [1.807, 2.05) is 0 Å². The Bertz CT molecular complexity index is 548. The summed E-state index contributed by atoms with van der Waals surface area (Å²) in [7, 11) is 0. The van der Waals surface area contributed by atoms with Gasteiger partial charge in [0.1, 0.15) is 5.82 Å². The van der Waals surface area contributed by atoms with Crippen molar-refractivity contribution in [3.63, 3.8) is 0 Å². The molecular weight excluding hydrogens is 234 g/mol.